The van der Waals surface area contributed by atoms with Gasteiger partial charge in [-0.3, -0.25) is 4.79 Å². The molecule has 0 saturated heterocycles. The Kier molecular flexibility index (Phi) is 7.79. The minimum absolute atomic E-state index is 0. The van der Waals surface area contributed by atoms with Gasteiger partial charge in [0.15, 0.2) is 0 Å². The van der Waals surface area contributed by atoms with Crippen molar-refractivity contribution in [2.45, 2.75) is 39.3 Å². The molecule has 0 radical (unpaired) electrons. The molecule has 0 spiro atoms. The van der Waals surface area contributed by atoms with Crippen LogP contribution in [0.3, 0.4) is 0 Å². The van der Waals surface area contributed by atoms with Crippen molar-refractivity contribution in [3.63, 3.8) is 0 Å². The largest absolute Gasteiger partial charge is 0.348 e. The number of tetrazole rings is 1. The van der Waals surface area contributed by atoms with E-state index in [-0.39, 0.29) is 24.9 Å². The summed E-state index contributed by atoms with van der Waals surface area (Å²) >= 11 is 5.86. The van der Waals surface area contributed by atoms with Crippen LogP contribution in [0.15, 0.2) is 24.3 Å². The summed E-state index contributed by atoms with van der Waals surface area (Å²) in [6.45, 7) is 6.50. The van der Waals surface area contributed by atoms with Gasteiger partial charge in [-0.15, -0.1) is 22.6 Å². The predicted octanol–water partition coefficient (Wildman–Crippen LogP) is 2.30. The van der Waals surface area contributed by atoms with E-state index in [9.17, 15) is 4.79 Å². The van der Waals surface area contributed by atoms with E-state index in [0.717, 1.165) is 12.0 Å². The maximum absolute atomic E-state index is 12.2. The lowest BCUT2D eigenvalue weighted by atomic mass is 9.91. The molecule has 1 unspecified atom stereocenters. The highest BCUT2D eigenvalue weighted by molar-refractivity contribution is 6.30. The lowest BCUT2D eigenvalue weighted by molar-refractivity contribution is -0.124. The van der Waals surface area contributed by atoms with Crippen LogP contribution in [-0.4, -0.2) is 38.2 Å². The minimum atomic E-state index is -0.440. The first-order valence-electron chi connectivity index (χ1n) is 7.86. The fourth-order valence-corrected chi connectivity index (χ4v) is 2.74. The molecule has 1 heterocycles. The Hall–Kier alpha value is -1.70. The normalized spacial score (nSPS) is 13.2. The van der Waals surface area contributed by atoms with Gasteiger partial charge >= 0.3 is 0 Å². The van der Waals surface area contributed by atoms with E-state index in [1.807, 2.05) is 6.92 Å². The number of nitrogens with zero attached hydrogens (tertiary/aromatic N) is 4. The maximum Gasteiger partial charge on any atom is 0.244 e. The second-order valence-corrected chi connectivity index (χ2v) is 7.00. The van der Waals surface area contributed by atoms with Gasteiger partial charge in [-0.1, -0.05) is 25.4 Å². The van der Waals surface area contributed by atoms with Crippen LogP contribution >= 0.6 is 24.0 Å². The second-order valence-electron chi connectivity index (χ2n) is 6.56. The van der Waals surface area contributed by atoms with Crippen LogP contribution < -0.4 is 11.1 Å². The van der Waals surface area contributed by atoms with Crippen LogP contribution in [0.5, 0.6) is 0 Å². The molecular formula is C16H24Cl2N6O. The number of benzene rings is 1. The van der Waals surface area contributed by atoms with Crippen LogP contribution in [0, 0.1) is 5.92 Å². The van der Waals surface area contributed by atoms with Crippen LogP contribution in [-0.2, 0) is 11.3 Å². The molecule has 0 aliphatic rings. The fourth-order valence-electron chi connectivity index (χ4n) is 2.62. The average molecular weight is 387 g/mol. The Labute approximate surface area is 158 Å². The third-order valence-corrected chi connectivity index (χ3v) is 3.84. The van der Waals surface area contributed by atoms with Crippen LogP contribution in [0.25, 0.3) is 11.4 Å². The number of amides is 1. The summed E-state index contributed by atoms with van der Waals surface area (Å²) in [6.07, 6.45) is 0.802. The molecule has 9 heteroatoms. The minimum Gasteiger partial charge on any atom is -0.348 e. The van der Waals surface area contributed by atoms with E-state index in [2.05, 4.69) is 34.6 Å². The van der Waals surface area contributed by atoms with Crippen molar-refractivity contribution in [3.8, 4) is 11.4 Å². The molecule has 25 heavy (non-hydrogen) atoms. The molecule has 0 bridgehead atoms. The topological polar surface area (TPSA) is 98.7 Å². The summed E-state index contributed by atoms with van der Waals surface area (Å²) in [7, 11) is 0. The zero-order chi connectivity index (χ0) is 17.7. The lowest BCUT2D eigenvalue weighted by Gasteiger charge is -2.31. The van der Waals surface area contributed by atoms with Gasteiger partial charge in [-0.05, 0) is 48.7 Å². The first-order valence-corrected chi connectivity index (χ1v) is 8.24. The number of hydrogen-bond acceptors (Lipinski definition) is 5. The Bertz CT molecular complexity index is 688. The molecule has 2 rings (SSSR count). The van der Waals surface area contributed by atoms with E-state index in [1.54, 1.807) is 24.3 Å². The molecular weight excluding hydrogens is 363 g/mol. The van der Waals surface area contributed by atoms with Gasteiger partial charge in [0.05, 0.1) is 0 Å². The Morgan fingerprint density at radius 3 is 2.56 bits per heavy atom. The zero-order valence-corrected chi connectivity index (χ0v) is 16.1. The highest BCUT2D eigenvalue weighted by atomic mass is 35.5. The summed E-state index contributed by atoms with van der Waals surface area (Å²) < 4.78 is 0. The smallest absolute Gasteiger partial charge is 0.244 e. The molecule has 2 aromatic rings. The number of halogens is 2. The van der Waals surface area contributed by atoms with Crippen molar-refractivity contribution in [2.24, 2.45) is 11.7 Å². The number of nitrogens with one attached hydrogen (secondary N) is 1. The number of carbonyl (C=O) groups is 1. The van der Waals surface area contributed by atoms with Gasteiger partial charge in [0.25, 0.3) is 0 Å². The third kappa shape index (κ3) is 6.26. The van der Waals surface area contributed by atoms with Crippen LogP contribution in [0.1, 0.15) is 27.2 Å². The van der Waals surface area contributed by atoms with Gasteiger partial charge in [-0.2, -0.15) is 4.80 Å². The standard InChI is InChI=1S/C16H23ClN6O.ClH/c1-11(2)8-16(3,10-18)19-14(24)9-23-21-15(20-22-23)12-4-6-13(17)7-5-12;/h4-7,11H,8-10,18H2,1-3H3,(H,19,24);1H. The third-order valence-electron chi connectivity index (χ3n) is 3.59. The van der Waals surface area contributed by atoms with Crippen molar-refractivity contribution in [1.82, 2.24) is 25.5 Å². The molecule has 1 amide bonds. The van der Waals surface area contributed by atoms with Gasteiger partial charge in [0.1, 0.15) is 6.54 Å². The first kappa shape index (κ1) is 21.3. The number of carbonyl (C=O) groups excluding carboxylic acids is 1. The molecule has 3 N–H and O–H groups in total. The highest BCUT2D eigenvalue weighted by Crippen LogP contribution is 2.17. The SMILES string of the molecule is CC(C)CC(C)(CN)NC(=O)Cn1nnc(-c2ccc(Cl)cc2)n1.Cl. The predicted molar refractivity (Wildman–Crippen MR) is 101 cm³/mol. The fraction of sp³-hybridized carbons (Fsp3) is 0.500. The van der Waals surface area contributed by atoms with Gasteiger partial charge in [0.2, 0.25) is 11.7 Å². The molecule has 0 saturated carbocycles. The molecule has 138 valence electrons. The number of rotatable bonds is 7. The number of aromatic nitrogens is 4. The quantitative estimate of drug-likeness (QED) is 0.760. The first-order chi connectivity index (χ1) is 11.3. The molecule has 1 aromatic carbocycles. The van der Waals surface area contributed by atoms with Crippen molar-refractivity contribution < 1.29 is 4.79 Å². The summed E-state index contributed by atoms with van der Waals surface area (Å²) in [5.41, 5.74) is 6.16. The van der Waals surface area contributed by atoms with E-state index in [1.165, 1.54) is 4.80 Å². The Morgan fingerprint density at radius 2 is 2.00 bits per heavy atom. The van der Waals surface area contributed by atoms with E-state index in [0.29, 0.717) is 23.3 Å². The Balaban J connectivity index is 0.00000312. The van der Waals surface area contributed by atoms with Crippen molar-refractivity contribution in [1.29, 1.82) is 0 Å². The summed E-state index contributed by atoms with van der Waals surface area (Å²) in [5.74, 6) is 0.687. The molecule has 1 aromatic heterocycles. The Morgan fingerprint density at radius 1 is 1.36 bits per heavy atom. The van der Waals surface area contributed by atoms with E-state index < -0.39 is 5.54 Å². The van der Waals surface area contributed by atoms with Crippen molar-refractivity contribution >= 4 is 29.9 Å². The van der Waals surface area contributed by atoms with Gasteiger partial charge in [-0.25, -0.2) is 0 Å². The van der Waals surface area contributed by atoms with Gasteiger partial charge < -0.3 is 11.1 Å². The molecule has 1 atom stereocenters. The highest BCUT2D eigenvalue weighted by Gasteiger charge is 2.26. The number of hydrogen-bond donors (Lipinski definition) is 2. The summed E-state index contributed by atoms with van der Waals surface area (Å²) in [6, 6.07) is 7.11. The molecule has 0 aliphatic heterocycles. The van der Waals surface area contributed by atoms with E-state index in [4.69, 9.17) is 17.3 Å². The van der Waals surface area contributed by atoms with Gasteiger partial charge in [0, 0.05) is 22.7 Å². The van der Waals surface area contributed by atoms with Crippen molar-refractivity contribution in [2.75, 3.05) is 6.54 Å². The zero-order valence-electron chi connectivity index (χ0n) is 14.6. The molecule has 0 fully saturated rings. The maximum atomic E-state index is 12.2. The monoisotopic (exact) mass is 386 g/mol. The summed E-state index contributed by atoms with van der Waals surface area (Å²) in [4.78, 5) is 13.5. The molecule has 0 aliphatic carbocycles. The van der Waals surface area contributed by atoms with Crippen molar-refractivity contribution in [3.05, 3.63) is 29.3 Å². The lowest BCUT2D eigenvalue weighted by Crippen LogP contribution is -2.53. The average Bonchev–Trinajstić information content (AvgIpc) is 2.95. The summed E-state index contributed by atoms with van der Waals surface area (Å²) in [5, 5.41) is 15.7. The molecule has 7 nitrogen and oxygen atoms in total. The number of nitrogens with two attached hydrogens (primary N) is 1. The van der Waals surface area contributed by atoms with Crippen LogP contribution in [0.4, 0.5) is 0 Å². The van der Waals surface area contributed by atoms with E-state index >= 15 is 0 Å². The van der Waals surface area contributed by atoms with Crippen LogP contribution in [0.2, 0.25) is 5.02 Å². The second kappa shape index (κ2) is 9.12.